The largest absolute Gasteiger partial charge is 0.508 e. The second kappa shape index (κ2) is 8.91. The summed E-state index contributed by atoms with van der Waals surface area (Å²) in [6.45, 7) is 3.03. The van der Waals surface area contributed by atoms with Gasteiger partial charge in [0.1, 0.15) is 22.8 Å². The molecule has 3 aliphatic rings. The van der Waals surface area contributed by atoms with E-state index in [0.717, 1.165) is 0 Å². The third kappa shape index (κ3) is 3.46. The van der Waals surface area contributed by atoms with Crippen LogP contribution < -0.4 is 16.8 Å². The van der Waals surface area contributed by atoms with E-state index in [1.54, 1.807) is 6.92 Å². The molecule has 2 amide bonds. The lowest BCUT2D eigenvalue weighted by Gasteiger charge is -2.53. The van der Waals surface area contributed by atoms with Crippen LogP contribution in [-0.4, -0.2) is 91.7 Å². The fourth-order valence-corrected chi connectivity index (χ4v) is 5.96. The average molecular weight is 531 g/mol. The molecule has 1 aromatic rings. The molecule has 1 aromatic carbocycles. The minimum absolute atomic E-state index is 0.112. The van der Waals surface area contributed by atoms with Gasteiger partial charge >= 0.3 is 0 Å². The first-order chi connectivity index (χ1) is 17.6. The fraction of sp³-hybridized carbons (Fsp3) is 0.440. The number of hydrogen-bond donors (Lipinski definition) is 8. The van der Waals surface area contributed by atoms with Gasteiger partial charge in [-0.05, 0) is 38.6 Å². The standard InChI is InChI=1S/C25H30N4O9/c1-7-9-5-6-10(28-24(37)8(2)26)17(30)12(9)18(31)13-11(7)19(32)15-16(29(3)4)20(33)14(23(27)36)22(35)25(15,38)21(13)34/h5-8,11,15-16,19,30-32,35,38H,26H2,1-4H3,(H2,27,36)(H,28,37)/t7-,8-,11+,15+,16-,19-,25-/m0/s1. The van der Waals surface area contributed by atoms with Crippen LogP contribution in [0.25, 0.3) is 5.76 Å². The maximum atomic E-state index is 13.9. The molecule has 7 atom stereocenters. The summed E-state index contributed by atoms with van der Waals surface area (Å²) in [5.41, 5.74) is 6.31. The summed E-state index contributed by atoms with van der Waals surface area (Å²) < 4.78 is 0. The van der Waals surface area contributed by atoms with Crippen LogP contribution in [0.4, 0.5) is 5.69 Å². The summed E-state index contributed by atoms with van der Waals surface area (Å²) in [7, 11) is 2.86. The average Bonchev–Trinajstić information content (AvgIpc) is 2.82. The molecular formula is C25H30N4O9. The number of carbonyl (C=O) groups is 4. The van der Waals surface area contributed by atoms with E-state index in [9.17, 15) is 44.7 Å². The van der Waals surface area contributed by atoms with Crippen LogP contribution in [-0.2, 0) is 19.2 Å². The van der Waals surface area contributed by atoms with Crippen molar-refractivity contribution in [3.63, 3.8) is 0 Å². The Morgan fingerprint density at radius 2 is 1.76 bits per heavy atom. The number of benzene rings is 1. The van der Waals surface area contributed by atoms with Crippen LogP contribution in [0.3, 0.4) is 0 Å². The molecule has 1 fully saturated rings. The summed E-state index contributed by atoms with van der Waals surface area (Å²) in [4.78, 5) is 52.5. The highest BCUT2D eigenvalue weighted by atomic mass is 16.4. The molecule has 38 heavy (non-hydrogen) atoms. The Balaban J connectivity index is 1.99. The number of phenolic OH excluding ortho intramolecular Hbond substituents is 1. The summed E-state index contributed by atoms with van der Waals surface area (Å²) in [6.07, 6.45) is -1.69. The van der Waals surface area contributed by atoms with E-state index >= 15 is 0 Å². The van der Waals surface area contributed by atoms with Gasteiger partial charge in [-0.1, -0.05) is 13.0 Å². The predicted octanol–water partition coefficient (Wildman–Crippen LogP) is -1.22. The van der Waals surface area contributed by atoms with Gasteiger partial charge in [-0.3, -0.25) is 24.1 Å². The number of aliphatic hydroxyl groups is 4. The molecular weight excluding hydrogens is 500 g/mol. The maximum absolute atomic E-state index is 13.9. The highest BCUT2D eigenvalue weighted by Crippen LogP contribution is 2.56. The second-order valence-corrected chi connectivity index (χ2v) is 10.3. The zero-order valence-electron chi connectivity index (χ0n) is 21.1. The summed E-state index contributed by atoms with van der Waals surface area (Å²) in [5.74, 6) is -10.6. The van der Waals surface area contributed by atoms with E-state index in [-0.39, 0.29) is 11.3 Å². The predicted molar refractivity (Wildman–Crippen MR) is 133 cm³/mol. The number of primary amides is 1. The number of aromatic hydroxyl groups is 1. The van der Waals surface area contributed by atoms with Gasteiger partial charge in [-0.2, -0.15) is 0 Å². The lowest BCUT2D eigenvalue weighted by molar-refractivity contribution is -0.169. The third-order valence-electron chi connectivity index (χ3n) is 7.80. The lowest BCUT2D eigenvalue weighted by Crippen LogP contribution is -2.70. The van der Waals surface area contributed by atoms with Crippen LogP contribution in [0.2, 0.25) is 0 Å². The van der Waals surface area contributed by atoms with E-state index in [4.69, 9.17) is 11.5 Å². The van der Waals surface area contributed by atoms with Crippen LogP contribution in [0, 0.1) is 11.8 Å². The van der Waals surface area contributed by atoms with Gasteiger partial charge in [-0.15, -0.1) is 0 Å². The fourth-order valence-electron chi connectivity index (χ4n) is 5.96. The number of nitrogens with two attached hydrogens (primary N) is 2. The molecule has 13 heteroatoms. The highest BCUT2D eigenvalue weighted by Gasteiger charge is 2.68. The van der Waals surface area contributed by atoms with Crippen molar-refractivity contribution in [2.24, 2.45) is 23.3 Å². The highest BCUT2D eigenvalue weighted by molar-refractivity contribution is 6.24. The SMILES string of the molecule is C[C@H](N)C(=O)Nc1ccc2c(c1O)C(O)=C1C(=O)[C@]3(O)C(O)=C(C(N)=O)C(=O)[C@@H](N(C)C)[C@@H]3[C@@H](O)[C@@H]1[C@H]2C. The van der Waals surface area contributed by atoms with Crippen LogP contribution in [0.1, 0.15) is 30.9 Å². The number of carbonyl (C=O) groups excluding carboxylic acids is 4. The van der Waals surface area contributed by atoms with E-state index in [2.05, 4.69) is 5.32 Å². The zero-order valence-corrected chi connectivity index (χ0v) is 21.1. The number of aliphatic hydroxyl groups excluding tert-OH is 3. The van der Waals surface area contributed by atoms with Crippen molar-refractivity contribution in [3.05, 3.63) is 40.2 Å². The molecule has 0 aromatic heterocycles. The first-order valence-corrected chi connectivity index (χ1v) is 11.8. The van der Waals surface area contributed by atoms with E-state index in [0.29, 0.717) is 5.56 Å². The molecule has 13 nitrogen and oxygen atoms in total. The van der Waals surface area contributed by atoms with Crippen molar-refractivity contribution >= 4 is 34.8 Å². The number of hydrogen-bond acceptors (Lipinski definition) is 11. The minimum Gasteiger partial charge on any atom is -0.508 e. The monoisotopic (exact) mass is 530 g/mol. The number of likely N-dealkylation sites (N-methyl/N-ethyl adjacent to an activating group) is 1. The molecule has 0 heterocycles. The molecule has 4 rings (SSSR count). The van der Waals surface area contributed by atoms with E-state index in [1.807, 2.05) is 0 Å². The van der Waals surface area contributed by atoms with Gasteiger partial charge in [-0.25, -0.2) is 0 Å². The number of fused-ring (bicyclic) bond motifs is 3. The Hall–Kier alpha value is -3.78. The van der Waals surface area contributed by atoms with E-state index < -0.39 is 93.3 Å². The second-order valence-electron chi connectivity index (χ2n) is 10.3. The number of anilines is 1. The molecule has 0 saturated heterocycles. The normalized spacial score (nSPS) is 31.5. The van der Waals surface area contributed by atoms with Gasteiger partial charge in [0.2, 0.25) is 11.7 Å². The van der Waals surface area contributed by atoms with Gasteiger partial charge in [0.15, 0.2) is 11.4 Å². The molecule has 0 radical (unpaired) electrons. The summed E-state index contributed by atoms with van der Waals surface area (Å²) in [5, 5.41) is 58.8. The Kier molecular flexibility index (Phi) is 6.39. The summed E-state index contributed by atoms with van der Waals surface area (Å²) in [6, 6.07) is 0.505. The third-order valence-corrected chi connectivity index (χ3v) is 7.80. The molecule has 0 aliphatic heterocycles. The Labute approximate surface area is 217 Å². The Morgan fingerprint density at radius 1 is 1.16 bits per heavy atom. The minimum atomic E-state index is -3.00. The van der Waals surface area contributed by atoms with Gasteiger partial charge in [0.25, 0.3) is 5.91 Å². The molecule has 0 spiro atoms. The first kappa shape index (κ1) is 27.3. The molecule has 0 unspecified atom stereocenters. The molecule has 1 saturated carbocycles. The topological polar surface area (TPSA) is 237 Å². The number of rotatable bonds is 4. The van der Waals surface area contributed by atoms with Gasteiger partial charge in [0, 0.05) is 11.5 Å². The summed E-state index contributed by atoms with van der Waals surface area (Å²) >= 11 is 0. The van der Waals surface area contributed by atoms with Crippen molar-refractivity contribution in [3.8, 4) is 5.75 Å². The number of nitrogens with zero attached hydrogens (tertiary/aromatic N) is 1. The first-order valence-electron chi connectivity index (χ1n) is 11.8. The number of Topliss-reactive ketones (excluding diaryl/α,β-unsaturated/α-hetero) is 2. The molecule has 204 valence electrons. The van der Waals surface area contributed by atoms with Crippen molar-refractivity contribution in [1.29, 1.82) is 0 Å². The van der Waals surface area contributed by atoms with Crippen LogP contribution >= 0.6 is 0 Å². The van der Waals surface area contributed by atoms with Crippen molar-refractivity contribution in [2.45, 2.75) is 43.6 Å². The van der Waals surface area contributed by atoms with Crippen molar-refractivity contribution < 1.29 is 44.7 Å². The van der Waals surface area contributed by atoms with Crippen molar-refractivity contribution in [1.82, 2.24) is 4.90 Å². The van der Waals surface area contributed by atoms with E-state index in [1.165, 1.54) is 38.1 Å². The Bertz CT molecular complexity index is 1350. The Morgan fingerprint density at radius 3 is 2.29 bits per heavy atom. The van der Waals surface area contributed by atoms with Crippen LogP contribution in [0.5, 0.6) is 5.75 Å². The van der Waals surface area contributed by atoms with Crippen LogP contribution in [0.15, 0.2) is 29.0 Å². The smallest absolute Gasteiger partial charge is 0.255 e. The van der Waals surface area contributed by atoms with Gasteiger partial charge < -0.3 is 42.3 Å². The van der Waals surface area contributed by atoms with Crippen molar-refractivity contribution in [2.75, 3.05) is 19.4 Å². The number of nitrogens with one attached hydrogen (secondary N) is 1. The van der Waals surface area contributed by atoms with Gasteiger partial charge in [0.05, 0.1) is 35.4 Å². The lowest BCUT2D eigenvalue weighted by atomic mass is 9.54. The quantitative estimate of drug-likeness (QED) is 0.170. The number of phenols is 1. The number of ketones is 2. The molecule has 10 N–H and O–H groups in total. The molecule has 0 bridgehead atoms. The number of amides is 2. The molecule has 3 aliphatic carbocycles. The maximum Gasteiger partial charge on any atom is 0.255 e. The zero-order chi connectivity index (χ0) is 28.6.